The normalized spacial score (nSPS) is 15.4. The second-order valence-corrected chi connectivity index (χ2v) is 9.83. The largest absolute Gasteiger partial charge is 0.354 e. The van der Waals surface area contributed by atoms with Crippen molar-refractivity contribution in [1.82, 2.24) is 14.7 Å². The summed E-state index contributed by atoms with van der Waals surface area (Å²) in [5, 5.41) is 3.96. The van der Waals surface area contributed by atoms with E-state index in [0.717, 1.165) is 36.5 Å². The van der Waals surface area contributed by atoms with Gasteiger partial charge in [0.05, 0.1) is 0 Å². The van der Waals surface area contributed by atoms with Crippen LogP contribution in [0.2, 0.25) is 0 Å². The molecule has 0 spiro atoms. The Morgan fingerprint density at radius 3 is 2.33 bits per heavy atom. The Morgan fingerprint density at radius 2 is 1.67 bits per heavy atom. The molecule has 184 valence electrons. The summed E-state index contributed by atoms with van der Waals surface area (Å²) in [7, 11) is 0. The first-order valence-corrected chi connectivity index (χ1v) is 13.2. The van der Waals surface area contributed by atoms with Crippen LogP contribution in [0.25, 0.3) is 0 Å². The fraction of sp³-hybridized carbons (Fsp3) is 0.276. The van der Waals surface area contributed by atoms with Gasteiger partial charge in [-0.05, 0) is 48.1 Å². The van der Waals surface area contributed by atoms with Gasteiger partial charge in [0, 0.05) is 37.0 Å². The number of halogens is 1. The number of aromatic nitrogens is 2. The highest BCUT2D eigenvalue weighted by molar-refractivity contribution is 7.09. The van der Waals surface area contributed by atoms with Gasteiger partial charge in [0.15, 0.2) is 0 Å². The summed E-state index contributed by atoms with van der Waals surface area (Å²) in [5.41, 5.74) is 3.47. The van der Waals surface area contributed by atoms with Crippen LogP contribution in [0.4, 0.5) is 9.52 Å². The van der Waals surface area contributed by atoms with Gasteiger partial charge in [0.2, 0.25) is 11.0 Å². The van der Waals surface area contributed by atoms with Crippen LogP contribution in [-0.4, -0.2) is 34.4 Å². The molecule has 1 amide bonds. The van der Waals surface area contributed by atoms with Crippen molar-refractivity contribution >= 4 is 22.6 Å². The molecule has 7 heteroatoms. The molecule has 36 heavy (non-hydrogen) atoms. The van der Waals surface area contributed by atoms with E-state index in [0.29, 0.717) is 18.8 Å². The maximum absolute atomic E-state index is 13.2. The highest BCUT2D eigenvalue weighted by atomic mass is 32.1. The fourth-order valence-electron chi connectivity index (χ4n) is 4.84. The third kappa shape index (κ3) is 5.79. The molecule has 1 aromatic heterocycles. The van der Waals surface area contributed by atoms with Crippen LogP contribution in [0.1, 0.15) is 47.7 Å². The zero-order chi connectivity index (χ0) is 24.7. The molecular weight excluding hydrogens is 471 g/mol. The Hall–Kier alpha value is -3.58. The monoisotopic (exact) mass is 500 g/mol. The van der Waals surface area contributed by atoms with Crippen molar-refractivity contribution in [3.05, 3.63) is 113 Å². The quantitative estimate of drug-likeness (QED) is 0.326. The molecule has 4 aromatic rings. The van der Waals surface area contributed by atoms with E-state index < -0.39 is 0 Å². The molecule has 1 fully saturated rings. The van der Waals surface area contributed by atoms with Gasteiger partial charge in [0.25, 0.3) is 0 Å². The second-order valence-electron chi connectivity index (χ2n) is 9.10. The maximum atomic E-state index is 13.2. The van der Waals surface area contributed by atoms with E-state index >= 15 is 0 Å². The third-order valence-corrected chi connectivity index (χ3v) is 7.46. The number of benzene rings is 3. The second kappa shape index (κ2) is 11.4. The Bertz CT molecular complexity index is 1220. The van der Waals surface area contributed by atoms with Crippen molar-refractivity contribution in [3.63, 3.8) is 0 Å². The van der Waals surface area contributed by atoms with Crippen molar-refractivity contribution < 1.29 is 9.18 Å². The van der Waals surface area contributed by atoms with Gasteiger partial charge < -0.3 is 10.2 Å². The molecule has 5 nitrogen and oxygen atoms in total. The average molecular weight is 501 g/mol. The third-order valence-electron chi connectivity index (χ3n) is 6.67. The lowest BCUT2D eigenvalue weighted by molar-refractivity contribution is -0.122. The van der Waals surface area contributed by atoms with Crippen LogP contribution in [0.15, 0.2) is 84.9 Å². The van der Waals surface area contributed by atoms with Crippen LogP contribution in [0.3, 0.4) is 0 Å². The van der Waals surface area contributed by atoms with Gasteiger partial charge >= 0.3 is 0 Å². The minimum atomic E-state index is -0.254. The lowest BCUT2D eigenvalue weighted by atomic mass is 9.88. The maximum Gasteiger partial charge on any atom is 0.242 e. The molecule has 1 aliphatic rings. The number of carbonyl (C=O) groups excluding carboxylic acids is 1. The lowest BCUT2D eigenvalue weighted by Gasteiger charge is -2.23. The zero-order valence-corrected chi connectivity index (χ0v) is 20.8. The van der Waals surface area contributed by atoms with E-state index in [1.807, 2.05) is 12.1 Å². The molecule has 1 atom stereocenters. The molecule has 1 N–H and O–H groups in total. The topological polar surface area (TPSA) is 58.1 Å². The highest BCUT2D eigenvalue weighted by Crippen LogP contribution is 2.29. The molecule has 0 radical (unpaired) electrons. The Labute approximate surface area is 215 Å². The first kappa shape index (κ1) is 24.1. The summed E-state index contributed by atoms with van der Waals surface area (Å²) in [6, 6.07) is 27.1. The fourth-order valence-corrected chi connectivity index (χ4v) is 5.60. The summed E-state index contributed by atoms with van der Waals surface area (Å²) < 4.78 is 17.7. The molecule has 3 aromatic carbocycles. The van der Waals surface area contributed by atoms with Crippen LogP contribution in [0, 0.1) is 5.82 Å². The van der Waals surface area contributed by atoms with E-state index in [4.69, 9.17) is 4.98 Å². The molecule has 0 aliphatic carbocycles. The number of anilines is 1. The van der Waals surface area contributed by atoms with E-state index in [1.165, 1.54) is 34.8 Å². The predicted octanol–water partition coefficient (Wildman–Crippen LogP) is 5.58. The number of amides is 1. The van der Waals surface area contributed by atoms with Crippen LogP contribution in [-0.2, 0) is 11.2 Å². The molecule has 0 saturated carbocycles. The Balaban J connectivity index is 1.20. The number of nitrogens with one attached hydrogen (secondary N) is 1. The minimum absolute atomic E-state index is 0.0441. The Morgan fingerprint density at radius 1 is 1.00 bits per heavy atom. The Kier molecular flexibility index (Phi) is 7.67. The molecule has 0 bridgehead atoms. The van der Waals surface area contributed by atoms with Gasteiger partial charge in [-0.3, -0.25) is 4.79 Å². The van der Waals surface area contributed by atoms with E-state index in [-0.39, 0.29) is 23.7 Å². The predicted molar refractivity (Wildman–Crippen MR) is 142 cm³/mol. The van der Waals surface area contributed by atoms with Crippen molar-refractivity contribution in [2.75, 3.05) is 18.0 Å². The van der Waals surface area contributed by atoms with Crippen LogP contribution >= 0.6 is 11.5 Å². The number of rotatable bonds is 9. The van der Waals surface area contributed by atoms with Gasteiger partial charge in [-0.25, -0.2) is 9.37 Å². The summed E-state index contributed by atoms with van der Waals surface area (Å²) >= 11 is 1.32. The van der Waals surface area contributed by atoms with E-state index in [2.05, 4.69) is 63.1 Å². The van der Waals surface area contributed by atoms with Gasteiger partial charge in [-0.15, -0.1) is 0 Å². The van der Waals surface area contributed by atoms with Crippen LogP contribution in [0.5, 0.6) is 0 Å². The molecule has 5 rings (SSSR count). The van der Waals surface area contributed by atoms with E-state index in [1.54, 1.807) is 12.1 Å². The lowest BCUT2D eigenvalue weighted by Crippen LogP contribution is -2.43. The average Bonchev–Trinajstić information content (AvgIpc) is 3.59. The van der Waals surface area contributed by atoms with Crippen molar-refractivity contribution in [1.29, 1.82) is 0 Å². The van der Waals surface area contributed by atoms with Crippen LogP contribution < -0.4 is 10.2 Å². The first-order chi connectivity index (χ1) is 17.7. The van der Waals surface area contributed by atoms with Gasteiger partial charge in [0.1, 0.15) is 17.7 Å². The highest BCUT2D eigenvalue weighted by Gasteiger charge is 2.33. The first-order valence-electron chi connectivity index (χ1n) is 12.4. The molecular formula is C29H29FN4OS. The summed E-state index contributed by atoms with van der Waals surface area (Å²) in [4.78, 5) is 19.9. The number of hydrogen-bond donors (Lipinski definition) is 1. The van der Waals surface area contributed by atoms with E-state index in [9.17, 15) is 9.18 Å². The number of nitrogens with zero attached hydrogens (tertiary/aromatic N) is 3. The SMILES string of the molecule is O=C(NCCC(c1ccccc1)c1ccccc1)C1CCCN1c1nc(Cc2ccc(F)cc2)ns1. The number of hydrogen-bond acceptors (Lipinski definition) is 5. The summed E-state index contributed by atoms with van der Waals surface area (Å²) in [6.07, 6.45) is 3.12. The molecule has 2 heterocycles. The minimum Gasteiger partial charge on any atom is -0.354 e. The molecule has 1 unspecified atom stereocenters. The van der Waals surface area contributed by atoms with Gasteiger partial charge in [-0.2, -0.15) is 4.37 Å². The summed E-state index contributed by atoms with van der Waals surface area (Å²) in [6.45, 7) is 1.39. The smallest absolute Gasteiger partial charge is 0.242 e. The molecule has 1 aliphatic heterocycles. The van der Waals surface area contributed by atoms with Gasteiger partial charge in [-0.1, -0.05) is 72.8 Å². The molecule has 1 saturated heterocycles. The van der Waals surface area contributed by atoms with Crippen molar-refractivity contribution in [3.8, 4) is 0 Å². The van der Waals surface area contributed by atoms with Crippen molar-refractivity contribution in [2.45, 2.75) is 37.6 Å². The number of carbonyl (C=O) groups is 1. The zero-order valence-electron chi connectivity index (χ0n) is 20.0. The standard InChI is InChI=1S/C29H29FN4OS/c30-24-15-13-21(14-16-24)20-27-32-29(36-33-27)34-19-7-12-26(34)28(35)31-18-17-25(22-8-3-1-4-9-22)23-10-5-2-6-11-23/h1-6,8-11,13-16,25-26H,7,12,17-20H2,(H,31,35). The summed E-state index contributed by atoms with van der Waals surface area (Å²) in [5.74, 6) is 0.712. The van der Waals surface area contributed by atoms with Crippen molar-refractivity contribution in [2.24, 2.45) is 0 Å².